The third-order valence-electron chi connectivity index (χ3n) is 7.10. The van der Waals surface area contributed by atoms with Crippen LogP contribution in [0, 0.1) is 0 Å². The molecular weight excluding hydrogens is 570 g/mol. The van der Waals surface area contributed by atoms with Crippen LogP contribution >= 0.6 is 0 Å². The number of hydrogen-bond acceptors (Lipinski definition) is 13. The van der Waals surface area contributed by atoms with E-state index in [2.05, 4.69) is 36.5 Å². The first kappa shape index (κ1) is 37.4. The normalized spacial score (nSPS) is 35.1. The summed E-state index contributed by atoms with van der Waals surface area (Å²) < 4.78 is 22.0. The average Bonchev–Trinajstić information content (AvgIpc) is 2.98. The molecule has 2 fully saturated rings. The molecule has 1 amide bonds. The maximum atomic E-state index is 11.7. The van der Waals surface area contributed by atoms with Gasteiger partial charge in [0.05, 0.1) is 32.0 Å². The van der Waals surface area contributed by atoms with E-state index in [0.717, 1.165) is 25.7 Å². The van der Waals surface area contributed by atoms with Gasteiger partial charge in [-0.1, -0.05) is 43.4 Å². The largest absolute Gasteiger partial charge is 0.394 e. The van der Waals surface area contributed by atoms with E-state index in [9.17, 15) is 45.6 Å². The topological polar surface area (TPSA) is 228 Å². The van der Waals surface area contributed by atoms with E-state index in [-0.39, 0.29) is 6.61 Å². The van der Waals surface area contributed by atoms with Crippen molar-refractivity contribution in [1.29, 1.82) is 0 Å². The molecule has 0 aliphatic carbocycles. The number of hydrogen-bond donors (Lipinski definition) is 9. The first-order chi connectivity index (χ1) is 20.5. The minimum absolute atomic E-state index is 0.332. The molecule has 14 heteroatoms. The molecular formula is C29H49NO13. The van der Waals surface area contributed by atoms with E-state index in [4.69, 9.17) is 18.9 Å². The van der Waals surface area contributed by atoms with Gasteiger partial charge in [-0.25, -0.2) is 0 Å². The minimum atomic E-state index is -1.78. The van der Waals surface area contributed by atoms with Crippen molar-refractivity contribution in [2.45, 2.75) is 120 Å². The summed E-state index contributed by atoms with van der Waals surface area (Å²) in [7, 11) is 0. The third kappa shape index (κ3) is 11.6. The molecule has 0 aromatic heterocycles. The summed E-state index contributed by atoms with van der Waals surface area (Å²) in [4.78, 5) is 11.7. The molecule has 0 bridgehead atoms. The summed E-state index contributed by atoms with van der Waals surface area (Å²) in [6.07, 6.45) is -0.909. The van der Waals surface area contributed by atoms with Crippen LogP contribution in [0.2, 0.25) is 0 Å². The van der Waals surface area contributed by atoms with Gasteiger partial charge in [-0.05, 0) is 32.1 Å². The molecule has 2 heterocycles. The van der Waals surface area contributed by atoms with E-state index in [0.29, 0.717) is 6.42 Å². The number of unbranched alkanes of at least 4 members (excludes halogenated alkanes) is 2. The highest BCUT2D eigenvalue weighted by Crippen LogP contribution is 2.29. The Balaban J connectivity index is 1.94. The van der Waals surface area contributed by atoms with E-state index in [1.165, 1.54) is 13.0 Å². The summed E-state index contributed by atoms with van der Waals surface area (Å²) in [6, 6.07) is -0.932. The van der Waals surface area contributed by atoms with Crippen LogP contribution in [0.1, 0.15) is 46.0 Å². The number of aliphatic hydroxyl groups is 8. The lowest BCUT2D eigenvalue weighted by atomic mass is 9.97. The summed E-state index contributed by atoms with van der Waals surface area (Å²) in [5, 5.41) is 84.1. The first-order valence-corrected chi connectivity index (χ1v) is 14.7. The van der Waals surface area contributed by atoms with Crippen molar-refractivity contribution >= 4 is 5.91 Å². The quantitative estimate of drug-likeness (QED) is 0.0643. The minimum Gasteiger partial charge on any atom is -0.394 e. The Morgan fingerprint density at radius 3 is 1.93 bits per heavy atom. The van der Waals surface area contributed by atoms with Crippen LogP contribution in [-0.2, 0) is 23.7 Å². The number of rotatable bonds is 17. The van der Waals surface area contributed by atoms with E-state index in [1.807, 2.05) is 0 Å². The molecule has 2 aliphatic heterocycles. The fourth-order valence-electron chi connectivity index (χ4n) is 4.65. The van der Waals surface area contributed by atoms with Gasteiger partial charge in [0.2, 0.25) is 5.91 Å². The number of allylic oxidation sites excluding steroid dienone is 5. The standard InChI is InChI=1S/C29H49NO13/c1-3-4-5-6-7-8-9-10-11-12-13-19(34)18(30-17(2)33)16-40-28-26(39)24(37)27(21(15-32)42-28)43-29-25(38)23(36)22(35)20(14-31)41-29/h4-5,8-9,12-13,18-29,31-32,34-39H,3,6-7,10-11,14-16H2,1-2H3,(H,30,33)/b5-4+,9-8+,13-12+. The van der Waals surface area contributed by atoms with Crippen molar-refractivity contribution in [1.82, 2.24) is 5.32 Å². The molecule has 0 aromatic carbocycles. The Bertz CT molecular complexity index is 882. The van der Waals surface area contributed by atoms with Gasteiger partial charge in [0.1, 0.15) is 48.8 Å². The highest BCUT2D eigenvalue weighted by atomic mass is 16.7. The van der Waals surface area contributed by atoms with Gasteiger partial charge in [-0.15, -0.1) is 0 Å². The number of carbonyl (C=O) groups excluding carboxylic acids is 1. The predicted octanol–water partition coefficient (Wildman–Crippen LogP) is -1.87. The first-order valence-electron chi connectivity index (χ1n) is 14.7. The lowest BCUT2D eigenvalue weighted by Gasteiger charge is -2.46. The van der Waals surface area contributed by atoms with Crippen molar-refractivity contribution in [2.24, 2.45) is 0 Å². The second-order valence-corrected chi connectivity index (χ2v) is 10.6. The molecule has 0 spiro atoms. The number of amides is 1. The molecule has 2 aliphatic rings. The van der Waals surface area contributed by atoms with Gasteiger partial charge in [0, 0.05) is 6.92 Å². The monoisotopic (exact) mass is 619 g/mol. The van der Waals surface area contributed by atoms with Gasteiger partial charge in [0.25, 0.3) is 0 Å². The number of aliphatic hydroxyl groups excluding tert-OH is 8. The van der Waals surface area contributed by atoms with Crippen molar-refractivity contribution < 1.29 is 64.6 Å². The van der Waals surface area contributed by atoms with Crippen LogP contribution in [0.4, 0.5) is 0 Å². The van der Waals surface area contributed by atoms with Crippen LogP contribution in [0.5, 0.6) is 0 Å². The fraction of sp³-hybridized carbons (Fsp3) is 0.759. The van der Waals surface area contributed by atoms with Gasteiger partial charge in [0.15, 0.2) is 12.6 Å². The zero-order valence-electron chi connectivity index (χ0n) is 24.7. The van der Waals surface area contributed by atoms with E-state index < -0.39 is 92.7 Å². The molecule has 2 saturated heterocycles. The van der Waals surface area contributed by atoms with Crippen LogP contribution < -0.4 is 5.32 Å². The molecule has 12 unspecified atom stereocenters. The van der Waals surface area contributed by atoms with Crippen LogP contribution in [-0.4, -0.2) is 140 Å². The maximum Gasteiger partial charge on any atom is 0.217 e. The lowest BCUT2D eigenvalue weighted by molar-refractivity contribution is -0.359. The lowest BCUT2D eigenvalue weighted by Crippen LogP contribution is -2.65. The number of nitrogens with one attached hydrogen (secondary N) is 1. The van der Waals surface area contributed by atoms with E-state index in [1.54, 1.807) is 6.08 Å². The predicted molar refractivity (Wildman–Crippen MR) is 152 cm³/mol. The van der Waals surface area contributed by atoms with Crippen molar-refractivity contribution in [2.75, 3.05) is 19.8 Å². The molecule has 9 N–H and O–H groups in total. The Hall–Kier alpha value is -1.79. The molecule has 43 heavy (non-hydrogen) atoms. The zero-order valence-corrected chi connectivity index (χ0v) is 24.7. The smallest absolute Gasteiger partial charge is 0.217 e. The Kier molecular flexibility index (Phi) is 17.0. The summed E-state index contributed by atoms with van der Waals surface area (Å²) in [6.45, 7) is 1.59. The SMILES string of the molecule is CC/C=C/CC/C=C/CC/C=C/C(O)C(COC1OC(CO)C(OC2OC(CO)C(O)C(O)C2O)C(O)C1O)NC(C)=O. The Morgan fingerprint density at radius 2 is 1.35 bits per heavy atom. The zero-order chi connectivity index (χ0) is 31.9. The van der Waals surface area contributed by atoms with E-state index >= 15 is 0 Å². The molecule has 0 aromatic rings. The van der Waals surface area contributed by atoms with Gasteiger partial charge >= 0.3 is 0 Å². The van der Waals surface area contributed by atoms with Crippen LogP contribution in [0.15, 0.2) is 36.5 Å². The fourth-order valence-corrected chi connectivity index (χ4v) is 4.65. The van der Waals surface area contributed by atoms with Gasteiger partial charge < -0.3 is 65.1 Å². The van der Waals surface area contributed by atoms with Crippen LogP contribution in [0.25, 0.3) is 0 Å². The van der Waals surface area contributed by atoms with Gasteiger partial charge in [-0.3, -0.25) is 4.79 Å². The number of carbonyl (C=O) groups is 1. The Labute approximate surface area is 251 Å². The van der Waals surface area contributed by atoms with Gasteiger partial charge in [-0.2, -0.15) is 0 Å². The highest BCUT2D eigenvalue weighted by Gasteiger charge is 2.50. The maximum absolute atomic E-state index is 11.7. The molecule has 12 atom stereocenters. The summed E-state index contributed by atoms with van der Waals surface area (Å²) >= 11 is 0. The molecule has 0 radical (unpaired) electrons. The molecule has 0 saturated carbocycles. The molecule has 2 rings (SSSR count). The van der Waals surface area contributed by atoms with Crippen LogP contribution in [0.3, 0.4) is 0 Å². The highest BCUT2D eigenvalue weighted by molar-refractivity contribution is 5.73. The number of ether oxygens (including phenoxy) is 4. The third-order valence-corrected chi connectivity index (χ3v) is 7.10. The Morgan fingerprint density at radius 1 is 0.791 bits per heavy atom. The second-order valence-electron chi connectivity index (χ2n) is 10.6. The van der Waals surface area contributed by atoms with Crippen molar-refractivity contribution in [3.63, 3.8) is 0 Å². The average molecular weight is 620 g/mol. The van der Waals surface area contributed by atoms with Crippen molar-refractivity contribution in [3.05, 3.63) is 36.5 Å². The van der Waals surface area contributed by atoms with Crippen molar-refractivity contribution in [3.8, 4) is 0 Å². The second kappa shape index (κ2) is 19.6. The molecule has 248 valence electrons. The molecule has 14 nitrogen and oxygen atoms in total. The summed E-state index contributed by atoms with van der Waals surface area (Å²) in [5.74, 6) is -0.438. The summed E-state index contributed by atoms with van der Waals surface area (Å²) in [5.41, 5.74) is 0.